The van der Waals surface area contributed by atoms with Crippen LogP contribution in [0.1, 0.15) is 19.4 Å². The third kappa shape index (κ3) is 5.75. The maximum Gasteiger partial charge on any atom is 0.411 e. The van der Waals surface area contributed by atoms with Gasteiger partial charge in [0.05, 0.1) is 33.4 Å². The molecule has 4 aromatic rings. The number of carbonyl (C=O) groups is 1. The van der Waals surface area contributed by atoms with Crippen LogP contribution in [0.15, 0.2) is 58.1 Å². The molecule has 39 heavy (non-hydrogen) atoms. The Bertz CT molecular complexity index is 1660. The lowest BCUT2D eigenvalue weighted by molar-refractivity contribution is 0.209. The summed E-state index contributed by atoms with van der Waals surface area (Å²) >= 11 is 0. The summed E-state index contributed by atoms with van der Waals surface area (Å²) in [7, 11) is -3.50. The van der Waals surface area contributed by atoms with Crippen LogP contribution in [0.3, 0.4) is 0 Å². The number of hydrogen-bond donors (Lipinski definition) is 3. The zero-order valence-corrected chi connectivity index (χ0v) is 21.4. The van der Waals surface area contributed by atoms with Crippen LogP contribution in [0.5, 0.6) is 5.88 Å². The number of halogens is 2. The third-order valence-corrected chi connectivity index (χ3v) is 7.70. The minimum absolute atomic E-state index is 0.126. The summed E-state index contributed by atoms with van der Waals surface area (Å²) in [4.78, 5) is 20.0. The average molecular weight is 557 g/mol. The fourth-order valence-corrected chi connectivity index (χ4v) is 4.69. The number of hydrogen-bond acceptors (Lipinski definition) is 9. The van der Waals surface area contributed by atoms with E-state index in [1.165, 1.54) is 36.5 Å². The maximum absolute atomic E-state index is 14.8. The van der Waals surface area contributed by atoms with Gasteiger partial charge in [-0.15, -0.1) is 0 Å². The molecule has 0 unspecified atom stereocenters. The zero-order chi connectivity index (χ0) is 28.5. The van der Waals surface area contributed by atoms with Crippen molar-refractivity contribution in [1.82, 2.24) is 15.1 Å². The highest BCUT2D eigenvalue weighted by molar-refractivity contribution is 7.92. The summed E-state index contributed by atoms with van der Waals surface area (Å²) in [5.41, 5.74) is 10.4. The number of amidine groups is 1. The van der Waals surface area contributed by atoms with E-state index in [4.69, 9.17) is 26.1 Å². The molecule has 4 rings (SSSR count). The normalized spacial score (nSPS) is 11.5. The van der Waals surface area contributed by atoms with Crippen molar-refractivity contribution in [2.75, 3.05) is 0 Å². The van der Waals surface area contributed by atoms with E-state index in [0.29, 0.717) is 5.56 Å². The van der Waals surface area contributed by atoms with Crippen LogP contribution in [0.25, 0.3) is 34.0 Å². The number of primary amides is 1. The molecule has 0 saturated heterocycles. The van der Waals surface area contributed by atoms with Crippen molar-refractivity contribution >= 4 is 21.8 Å². The standard InChI is InChI=1S/C25H22F2N6O5S/c1-12(2)39(35,36)15-5-3-14(4-6-15)19-11-31-24(37-25(30)34)23(32-19)20-10-18(33-38-20)22-16(26)7-13(8-17(22)27)9-21(28)29/h3-8,10-12H,9H2,1-2H3,(H3,28,29)(H2,30,34). The first-order chi connectivity index (χ1) is 18.4. The highest BCUT2D eigenvalue weighted by Crippen LogP contribution is 2.34. The van der Waals surface area contributed by atoms with Crippen LogP contribution in [-0.4, -0.2) is 40.7 Å². The molecule has 0 aliphatic rings. The first-order valence-electron chi connectivity index (χ1n) is 11.3. The van der Waals surface area contributed by atoms with E-state index in [1.807, 2.05) is 0 Å². The van der Waals surface area contributed by atoms with Gasteiger partial charge in [0.15, 0.2) is 21.3 Å². The summed E-state index contributed by atoms with van der Waals surface area (Å²) in [5.74, 6) is -2.69. The molecule has 0 saturated carbocycles. The lowest BCUT2D eigenvalue weighted by atomic mass is 10.0. The first-order valence-corrected chi connectivity index (χ1v) is 12.9. The van der Waals surface area contributed by atoms with Crippen molar-refractivity contribution in [2.45, 2.75) is 30.4 Å². The number of carbonyl (C=O) groups excluding carboxylic acids is 1. The van der Waals surface area contributed by atoms with Gasteiger partial charge in [0.25, 0.3) is 5.88 Å². The van der Waals surface area contributed by atoms with Crippen molar-refractivity contribution in [3.8, 4) is 39.8 Å². The van der Waals surface area contributed by atoms with Crippen LogP contribution in [0, 0.1) is 17.0 Å². The summed E-state index contributed by atoms with van der Waals surface area (Å²) in [5, 5.41) is 10.4. The van der Waals surface area contributed by atoms with Gasteiger partial charge in [-0.2, -0.15) is 0 Å². The molecule has 11 nitrogen and oxygen atoms in total. The van der Waals surface area contributed by atoms with Crippen LogP contribution in [0.2, 0.25) is 0 Å². The molecule has 0 aliphatic heterocycles. The Kier molecular flexibility index (Phi) is 7.40. The SMILES string of the molecule is CC(C)S(=O)(=O)c1ccc(-c2cnc(OC(N)=O)c(-c3cc(-c4c(F)cc(CC(=N)N)cc4F)no3)n2)cc1. The lowest BCUT2D eigenvalue weighted by Gasteiger charge is -2.10. The Balaban J connectivity index is 1.76. The molecular formula is C25H22F2N6O5S. The summed E-state index contributed by atoms with van der Waals surface area (Å²) in [6.45, 7) is 3.14. The van der Waals surface area contributed by atoms with Crippen molar-refractivity contribution in [3.63, 3.8) is 0 Å². The van der Waals surface area contributed by atoms with Gasteiger partial charge in [-0.3, -0.25) is 5.41 Å². The molecule has 0 spiro atoms. The molecule has 0 radical (unpaired) electrons. The quantitative estimate of drug-likeness (QED) is 0.214. The lowest BCUT2D eigenvalue weighted by Crippen LogP contribution is -2.17. The Hall–Kier alpha value is -4.72. The molecular weight excluding hydrogens is 534 g/mol. The Morgan fingerprint density at radius 1 is 1.08 bits per heavy atom. The Morgan fingerprint density at radius 3 is 2.28 bits per heavy atom. The predicted molar refractivity (Wildman–Crippen MR) is 136 cm³/mol. The van der Waals surface area contributed by atoms with E-state index in [1.54, 1.807) is 13.8 Å². The summed E-state index contributed by atoms with van der Waals surface area (Å²) in [6.07, 6.45) is -0.0731. The smallest absolute Gasteiger partial charge is 0.389 e. The third-order valence-electron chi connectivity index (χ3n) is 5.53. The Morgan fingerprint density at radius 2 is 1.72 bits per heavy atom. The molecule has 0 fully saturated rings. The van der Waals surface area contributed by atoms with Gasteiger partial charge < -0.3 is 20.7 Å². The number of amides is 1. The van der Waals surface area contributed by atoms with Crippen LogP contribution >= 0.6 is 0 Å². The number of nitrogens with two attached hydrogens (primary N) is 2. The second-order valence-corrected chi connectivity index (χ2v) is 11.2. The molecule has 5 N–H and O–H groups in total. The van der Waals surface area contributed by atoms with Gasteiger partial charge in [-0.1, -0.05) is 17.3 Å². The van der Waals surface area contributed by atoms with Gasteiger partial charge in [0.2, 0.25) is 0 Å². The van der Waals surface area contributed by atoms with E-state index >= 15 is 0 Å². The van der Waals surface area contributed by atoms with Crippen molar-refractivity contribution in [1.29, 1.82) is 5.41 Å². The first kappa shape index (κ1) is 27.3. The molecule has 0 bridgehead atoms. The Labute approximate surface area is 221 Å². The highest BCUT2D eigenvalue weighted by atomic mass is 32.2. The summed E-state index contributed by atoms with van der Waals surface area (Å²) < 4.78 is 64.6. The van der Waals surface area contributed by atoms with Crippen LogP contribution in [0.4, 0.5) is 13.6 Å². The minimum Gasteiger partial charge on any atom is -0.389 e. The van der Waals surface area contributed by atoms with E-state index in [2.05, 4.69) is 15.1 Å². The molecule has 0 aliphatic carbocycles. The predicted octanol–water partition coefficient (Wildman–Crippen LogP) is 3.86. The molecule has 2 aromatic carbocycles. The van der Waals surface area contributed by atoms with Crippen molar-refractivity contribution in [2.24, 2.45) is 11.5 Å². The second kappa shape index (κ2) is 10.6. The van der Waals surface area contributed by atoms with Gasteiger partial charge in [-0.25, -0.2) is 32.0 Å². The molecule has 1 amide bonds. The van der Waals surface area contributed by atoms with Gasteiger partial charge in [-0.05, 0) is 43.7 Å². The van der Waals surface area contributed by atoms with E-state index < -0.39 is 38.4 Å². The van der Waals surface area contributed by atoms with E-state index in [0.717, 1.165) is 12.1 Å². The molecule has 2 aromatic heterocycles. The fourth-order valence-electron chi connectivity index (χ4n) is 3.63. The molecule has 14 heteroatoms. The number of sulfone groups is 1. The second-order valence-electron chi connectivity index (χ2n) is 8.66. The number of benzene rings is 2. The van der Waals surface area contributed by atoms with Crippen molar-refractivity contribution in [3.05, 3.63) is 65.9 Å². The number of aromatic nitrogens is 3. The van der Waals surface area contributed by atoms with E-state index in [9.17, 15) is 22.0 Å². The molecule has 202 valence electrons. The highest BCUT2D eigenvalue weighted by Gasteiger charge is 2.23. The van der Waals surface area contributed by atoms with E-state index in [-0.39, 0.29) is 51.4 Å². The zero-order valence-electron chi connectivity index (χ0n) is 20.6. The fraction of sp³-hybridized carbons (Fsp3) is 0.160. The monoisotopic (exact) mass is 556 g/mol. The number of ether oxygens (including phenoxy) is 1. The minimum atomic E-state index is -3.50. The molecule has 0 atom stereocenters. The maximum atomic E-state index is 14.8. The van der Waals surface area contributed by atoms with Gasteiger partial charge >= 0.3 is 6.09 Å². The largest absolute Gasteiger partial charge is 0.411 e. The van der Waals surface area contributed by atoms with Crippen LogP contribution < -0.4 is 16.2 Å². The topological polar surface area (TPSA) is 188 Å². The molecule has 2 heterocycles. The number of rotatable bonds is 8. The number of nitrogens with one attached hydrogen (secondary N) is 1. The van der Waals surface area contributed by atoms with Crippen molar-refractivity contribution < 1.29 is 31.3 Å². The number of nitrogens with zero attached hydrogens (tertiary/aromatic N) is 3. The average Bonchev–Trinajstić information content (AvgIpc) is 3.32. The van der Waals surface area contributed by atoms with Gasteiger partial charge in [0, 0.05) is 18.1 Å². The van der Waals surface area contributed by atoms with Gasteiger partial charge in [0.1, 0.15) is 17.3 Å². The summed E-state index contributed by atoms with van der Waals surface area (Å²) in [6, 6.07) is 9.12. The van der Waals surface area contributed by atoms with Crippen LogP contribution in [-0.2, 0) is 16.3 Å².